The number of rotatable bonds is 0. The van der Waals surface area contributed by atoms with Gasteiger partial charge in [0.15, 0.2) is 0 Å². The summed E-state index contributed by atoms with van der Waals surface area (Å²) in [6.45, 7) is 1.89. The van der Waals surface area contributed by atoms with Crippen molar-refractivity contribution in [3.8, 4) is 0 Å². The van der Waals surface area contributed by atoms with E-state index >= 15 is 0 Å². The van der Waals surface area contributed by atoms with E-state index in [0.29, 0.717) is 0 Å². The van der Waals surface area contributed by atoms with E-state index in [2.05, 4.69) is 4.98 Å². The van der Waals surface area contributed by atoms with Crippen LogP contribution in [0.4, 0.5) is 0 Å². The average Bonchev–Trinajstić information content (AvgIpc) is 1.91. The first-order chi connectivity index (χ1) is 3.30. The van der Waals surface area contributed by atoms with Crippen molar-refractivity contribution in [2.24, 2.45) is 0 Å². The zero-order chi connectivity index (χ0) is 5.28. The Kier molecular flexibility index (Phi) is 1.02. The number of hydrogen-bond donors (Lipinski definition) is 0. The zero-order valence-corrected chi connectivity index (χ0v) is 4.68. The Morgan fingerprint density at radius 1 is 1.86 bits per heavy atom. The molecular weight excluding hydrogens is 112 g/mol. The van der Waals surface area contributed by atoms with Crippen molar-refractivity contribution in [1.82, 2.24) is 9.07 Å². The summed E-state index contributed by atoms with van der Waals surface area (Å²) in [6.07, 6.45) is 3.25. The van der Waals surface area contributed by atoms with Crippen molar-refractivity contribution in [3.63, 3.8) is 0 Å². The van der Waals surface area contributed by atoms with Gasteiger partial charge < -0.3 is 0 Å². The molecule has 0 aliphatic carbocycles. The van der Waals surface area contributed by atoms with E-state index in [1.165, 1.54) is 4.09 Å². The van der Waals surface area contributed by atoms with Crippen LogP contribution in [-0.4, -0.2) is 9.07 Å². The van der Waals surface area contributed by atoms with Crippen molar-refractivity contribution in [1.29, 1.82) is 0 Å². The number of halogens is 1. The van der Waals surface area contributed by atoms with Gasteiger partial charge in [-0.1, -0.05) is 0 Å². The quantitative estimate of drug-likeness (QED) is 0.498. The molecule has 0 N–H and O–H groups in total. The Morgan fingerprint density at radius 2 is 2.57 bits per heavy atom. The van der Waals surface area contributed by atoms with E-state index in [1.807, 2.05) is 6.92 Å². The second-order valence-corrected chi connectivity index (χ2v) is 1.71. The third-order valence-corrected chi connectivity index (χ3v) is 1.12. The minimum Gasteiger partial charge on any atom is -0.246 e. The van der Waals surface area contributed by atoms with Crippen LogP contribution in [0.25, 0.3) is 0 Å². The number of aromatic nitrogens is 2. The molecule has 1 heterocycles. The molecule has 0 radical (unpaired) electrons. The zero-order valence-electron chi connectivity index (χ0n) is 3.93. The van der Waals surface area contributed by atoms with E-state index < -0.39 is 0 Å². The van der Waals surface area contributed by atoms with Crippen LogP contribution in [-0.2, 0) is 0 Å². The minimum absolute atomic E-state index is 0.960. The SMILES string of the molecule is Cc1cncn1Cl. The van der Waals surface area contributed by atoms with E-state index in [-0.39, 0.29) is 0 Å². The van der Waals surface area contributed by atoms with Crippen molar-refractivity contribution in [3.05, 3.63) is 18.2 Å². The number of aryl methyl sites for hydroxylation is 1. The Bertz CT molecular complexity index is 142. The van der Waals surface area contributed by atoms with Gasteiger partial charge in [0.1, 0.15) is 6.33 Å². The van der Waals surface area contributed by atoms with Crippen molar-refractivity contribution in [2.75, 3.05) is 0 Å². The molecule has 0 fully saturated rings. The maximum Gasteiger partial charge on any atom is 0.110 e. The molecule has 0 bridgehead atoms. The first-order valence-electron chi connectivity index (χ1n) is 1.96. The van der Waals surface area contributed by atoms with Crippen LogP contribution in [0.3, 0.4) is 0 Å². The molecule has 3 heteroatoms. The Labute approximate surface area is 46.9 Å². The Hall–Kier alpha value is -0.500. The van der Waals surface area contributed by atoms with Gasteiger partial charge in [-0.05, 0) is 6.92 Å². The summed E-state index contributed by atoms with van der Waals surface area (Å²) in [6, 6.07) is 0. The number of imidazole rings is 1. The van der Waals surface area contributed by atoms with Crippen LogP contribution in [0.2, 0.25) is 0 Å². The molecule has 0 unspecified atom stereocenters. The summed E-state index contributed by atoms with van der Waals surface area (Å²) in [5.74, 6) is 0. The van der Waals surface area contributed by atoms with Gasteiger partial charge in [-0.3, -0.25) is 0 Å². The summed E-state index contributed by atoms with van der Waals surface area (Å²) in [4.78, 5) is 3.75. The number of hydrogen-bond acceptors (Lipinski definition) is 1. The normalized spacial score (nSPS) is 9.43. The molecule has 0 saturated carbocycles. The fourth-order valence-electron chi connectivity index (χ4n) is 0.346. The van der Waals surface area contributed by atoms with Crippen LogP contribution in [0.5, 0.6) is 0 Å². The van der Waals surface area contributed by atoms with Gasteiger partial charge in [0.2, 0.25) is 0 Å². The lowest BCUT2D eigenvalue weighted by atomic mass is 10.6. The second kappa shape index (κ2) is 1.54. The van der Waals surface area contributed by atoms with Crippen molar-refractivity contribution >= 4 is 11.8 Å². The molecule has 1 aromatic heterocycles. The third kappa shape index (κ3) is 0.747. The molecular formula is C4H5ClN2. The highest BCUT2D eigenvalue weighted by Gasteiger charge is 1.86. The topological polar surface area (TPSA) is 17.8 Å². The molecule has 0 aromatic carbocycles. The average molecular weight is 117 g/mol. The maximum absolute atomic E-state index is 5.48. The van der Waals surface area contributed by atoms with Gasteiger partial charge in [-0.15, -0.1) is 0 Å². The first kappa shape index (κ1) is 4.65. The molecule has 0 amide bonds. The van der Waals surface area contributed by atoms with E-state index in [4.69, 9.17) is 11.8 Å². The monoisotopic (exact) mass is 116 g/mol. The van der Waals surface area contributed by atoms with Crippen molar-refractivity contribution in [2.45, 2.75) is 6.92 Å². The molecule has 38 valence electrons. The van der Waals surface area contributed by atoms with Crippen LogP contribution >= 0.6 is 11.8 Å². The highest BCUT2D eigenvalue weighted by Crippen LogP contribution is 1.95. The van der Waals surface area contributed by atoms with Crippen LogP contribution < -0.4 is 0 Å². The lowest BCUT2D eigenvalue weighted by Gasteiger charge is -1.82. The highest BCUT2D eigenvalue weighted by atomic mass is 35.5. The molecule has 0 spiro atoms. The predicted molar refractivity (Wildman–Crippen MR) is 28.2 cm³/mol. The minimum atomic E-state index is 0.960. The van der Waals surface area contributed by atoms with E-state index in [1.54, 1.807) is 12.5 Å². The van der Waals surface area contributed by atoms with Crippen LogP contribution in [0.1, 0.15) is 5.69 Å². The standard InChI is InChI=1S/C4H5ClN2/c1-4-2-6-3-7(4)5/h2-3H,1H3. The molecule has 0 aliphatic heterocycles. The smallest absolute Gasteiger partial charge is 0.110 e. The summed E-state index contributed by atoms with van der Waals surface area (Å²) >= 11 is 5.48. The van der Waals surface area contributed by atoms with Crippen molar-refractivity contribution < 1.29 is 0 Å². The molecule has 0 atom stereocenters. The van der Waals surface area contributed by atoms with E-state index in [0.717, 1.165) is 5.69 Å². The van der Waals surface area contributed by atoms with Gasteiger partial charge in [0.25, 0.3) is 0 Å². The lowest BCUT2D eigenvalue weighted by molar-refractivity contribution is 1.14. The second-order valence-electron chi connectivity index (χ2n) is 1.35. The molecule has 7 heavy (non-hydrogen) atoms. The van der Waals surface area contributed by atoms with Gasteiger partial charge in [-0.25, -0.2) is 9.07 Å². The summed E-state index contributed by atoms with van der Waals surface area (Å²) in [7, 11) is 0. The van der Waals surface area contributed by atoms with Crippen LogP contribution in [0.15, 0.2) is 12.5 Å². The summed E-state index contributed by atoms with van der Waals surface area (Å²) < 4.78 is 1.44. The van der Waals surface area contributed by atoms with Gasteiger partial charge in [0, 0.05) is 18.0 Å². The van der Waals surface area contributed by atoms with Gasteiger partial charge in [-0.2, -0.15) is 0 Å². The lowest BCUT2D eigenvalue weighted by Crippen LogP contribution is -1.75. The Morgan fingerprint density at radius 3 is 2.71 bits per heavy atom. The highest BCUT2D eigenvalue weighted by molar-refractivity contribution is 6.15. The third-order valence-electron chi connectivity index (χ3n) is 0.766. The maximum atomic E-state index is 5.48. The predicted octanol–water partition coefficient (Wildman–Crippen LogP) is 1.19. The molecule has 0 aliphatic rings. The van der Waals surface area contributed by atoms with E-state index in [9.17, 15) is 0 Å². The van der Waals surface area contributed by atoms with Gasteiger partial charge >= 0.3 is 0 Å². The molecule has 0 saturated heterocycles. The fraction of sp³-hybridized carbons (Fsp3) is 0.250. The molecule has 1 rings (SSSR count). The van der Waals surface area contributed by atoms with Gasteiger partial charge in [0.05, 0.1) is 5.69 Å². The molecule has 2 nitrogen and oxygen atoms in total. The summed E-state index contributed by atoms with van der Waals surface area (Å²) in [5, 5.41) is 0. The Balaban J connectivity index is 3.12. The summed E-state index contributed by atoms with van der Waals surface area (Å²) in [5.41, 5.74) is 0.960. The number of nitrogens with zero attached hydrogens (tertiary/aromatic N) is 2. The molecule has 1 aromatic rings. The van der Waals surface area contributed by atoms with Crippen LogP contribution in [0, 0.1) is 6.92 Å². The first-order valence-corrected chi connectivity index (χ1v) is 2.29. The fourth-order valence-corrected chi connectivity index (χ4v) is 0.440. The largest absolute Gasteiger partial charge is 0.246 e.